The highest BCUT2D eigenvalue weighted by molar-refractivity contribution is 7.99. The van der Waals surface area contributed by atoms with Crippen LogP contribution in [-0.4, -0.2) is 80.3 Å². The van der Waals surface area contributed by atoms with E-state index in [1.165, 1.54) is 16.4 Å². The van der Waals surface area contributed by atoms with Crippen LogP contribution in [0.3, 0.4) is 0 Å². The Bertz CT molecular complexity index is 1470. The van der Waals surface area contributed by atoms with Gasteiger partial charge in [0.2, 0.25) is 0 Å². The van der Waals surface area contributed by atoms with Gasteiger partial charge in [0.1, 0.15) is 6.10 Å². The van der Waals surface area contributed by atoms with Crippen LogP contribution < -0.4 is 5.32 Å². The zero-order chi connectivity index (χ0) is 28.7. The first kappa shape index (κ1) is 29.8. The smallest absolute Gasteiger partial charge is 0.340 e. The van der Waals surface area contributed by atoms with Crippen molar-refractivity contribution >= 4 is 55.5 Å². The first-order valence-corrected chi connectivity index (χ1v) is 17.4. The summed E-state index contributed by atoms with van der Waals surface area (Å²) in [6.07, 6.45) is -0.292. The summed E-state index contributed by atoms with van der Waals surface area (Å²) in [5.74, 6) is -0.254. The summed E-state index contributed by atoms with van der Waals surface area (Å²) in [6.45, 7) is -0.136. The Balaban J connectivity index is 1.38. The Kier molecular flexibility index (Phi) is 8.89. The second-order valence-electron chi connectivity index (χ2n) is 10.0. The quantitative estimate of drug-likeness (QED) is 0.0960. The molecule has 218 valence electrons. The lowest BCUT2D eigenvalue weighted by molar-refractivity contribution is -0.00363. The molecule has 0 aliphatic heterocycles. The van der Waals surface area contributed by atoms with Gasteiger partial charge in [-0.1, -0.05) is 46.8 Å². The Labute approximate surface area is 238 Å². The lowest BCUT2D eigenvalue weighted by Gasteiger charge is -2.19. The Morgan fingerprint density at radius 1 is 1.12 bits per heavy atom. The van der Waals surface area contributed by atoms with Gasteiger partial charge in [-0.25, -0.2) is 14.6 Å². The van der Waals surface area contributed by atoms with Gasteiger partial charge in [0, 0.05) is 23.2 Å². The summed E-state index contributed by atoms with van der Waals surface area (Å²) in [6, 6.07) is 6.58. The first-order chi connectivity index (χ1) is 18.9. The summed E-state index contributed by atoms with van der Waals surface area (Å²) >= 11 is 7.81. The van der Waals surface area contributed by atoms with Crippen LogP contribution in [0.15, 0.2) is 29.4 Å². The third-order valence-electron chi connectivity index (χ3n) is 6.79. The van der Waals surface area contributed by atoms with E-state index in [0.717, 1.165) is 24.2 Å². The highest BCUT2D eigenvalue weighted by Gasteiger charge is 2.45. The maximum absolute atomic E-state index is 12.1. The first-order valence-electron chi connectivity index (χ1n) is 12.5. The number of nitrogens with zero attached hydrogens (tertiary/aromatic N) is 5. The minimum atomic E-state index is -4.80. The van der Waals surface area contributed by atoms with Crippen molar-refractivity contribution < 1.29 is 38.5 Å². The van der Waals surface area contributed by atoms with E-state index in [9.17, 15) is 24.2 Å². The monoisotopic (exact) mass is 634 g/mol. The van der Waals surface area contributed by atoms with E-state index in [2.05, 4.69) is 25.6 Å². The van der Waals surface area contributed by atoms with Gasteiger partial charge in [-0.05, 0) is 36.8 Å². The minimum Gasteiger partial charge on any atom is -0.390 e. The fraction of sp³-hybridized carbons (Fsp3) is 0.545. The van der Waals surface area contributed by atoms with Crippen molar-refractivity contribution in [2.75, 3.05) is 23.6 Å². The third kappa shape index (κ3) is 7.22. The van der Waals surface area contributed by atoms with E-state index in [1.54, 1.807) is 6.07 Å². The molecule has 2 aliphatic rings. The summed E-state index contributed by atoms with van der Waals surface area (Å²) in [7, 11) is -9.43. The second-order valence-corrected chi connectivity index (χ2v) is 15.4. The van der Waals surface area contributed by atoms with Gasteiger partial charge in [0.05, 0.1) is 18.8 Å². The molecule has 18 heteroatoms. The molecule has 6 N–H and O–H groups in total. The molecule has 0 radical (unpaired) electrons. The molecule has 0 saturated heterocycles. The average molecular weight is 635 g/mol. The average Bonchev–Trinajstić information content (AvgIpc) is 3.55. The maximum Gasteiger partial charge on any atom is 0.340 e. The largest absolute Gasteiger partial charge is 0.390 e. The van der Waals surface area contributed by atoms with E-state index in [4.69, 9.17) is 25.9 Å². The number of nitrogens with one attached hydrogen (secondary N) is 1. The molecule has 2 fully saturated rings. The van der Waals surface area contributed by atoms with Gasteiger partial charge in [0.25, 0.3) is 0 Å². The van der Waals surface area contributed by atoms with E-state index >= 15 is 0 Å². The van der Waals surface area contributed by atoms with Crippen molar-refractivity contribution in [2.45, 2.75) is 49.2 Å². The van der Waals surface area contributed by atoms with Crippen LogP contribution in [0.4, 0.5) is 5.82 Å². The van der Waals surface area contributed by atoms with E-state index in [-0.39, 0.29) is 6.42 Å². The molecule has 14 nitrogen and oxygen atoms in total. The van der Waals surface area contributed by atoms with E-state index in [0.29, 0.717) is 39.6 Å². The van der Waals surface area contributed by atoms with Gasteiger partial charge < -0.3 is 34.7 Å². The van der Waals surface area contributed by atoms with Crippen molar-refractivity contribution in [1.29, 1.82) is 0 Å². The molecule has 0 amide bonds. The molecule has 3 aromatic rings. The van der Waals surface area contributed by atoms with Crippen molar-refractivity contribution in [2.24, 2.45) is 11.8 Å². The molecular weight excluding hydrogens is 606 g/mol. The number of aliphatic hydroxyl groups excluding tert-OH is 2. The van der Waals surface area contributed by atoms with Crippen LogP contribution in [0.1, 0.15) is 30.9 Å². The van der Waals surface area contributed by atoms with Crippen molar-refractivity contribution in [1.82, 2.24) is 25.0 Å². The lowest BCUT2D eigenvalue weighted by atomic mass is 10.1. The predicted octanol–water partition coefficient (Wildman–Crippen LogP) is 2.61. The van der Waals surface area contributed by atoms with Crippen molar-refractivity contribution in [3.05, 3.63) is 34.9 Å². The van der Waals surface area contributed by atoms with Crippen LogP contribution in [0, 0.1) is 11.8 Å². The van der Waals surface area contributed by atoms with Crippen LogP contribution in [0.5, 0.6) is 0 Å². The normalized spacial score (nSPS) is 24.9. The van der Waals surface area contributed by atoms with Crippen LogP contribution in [-0.2, 0) is 20.2 Å². The molecular formula is C22H29ClN6O8P2S. The molecule has 2 aliphatic carbocycles. The topological polar surface area (TPSA) is 213 Å². The Morgan fingerprint density at radius 3 is 2.58 bits per heavy atom. The summed E-state index contributed by atoms with van der Waals surface area (Å²) in [4.78, 5) is 37.1. The predicted molar refractivity (Wildman–Crippen MR) is 147 cm³/mol. The number of aliphatic hydroxyl groups is 2. The zero-order valence-corrected chi connectivity index (χ0v) is 24.4. The number of benzene rings is 1. The molecule has 0 bridgehead atoms. The van der Waals surface area contributed by atoms with Gasteiger partial charge in [-0.15, -0.1) is 5.10 Å². The summed E-state index contributed by atoms with van der Waals surface area (Å²) in [5, 5.41) is 34.3. The van der Waals surface area contributed by atoms with E-state index < -0.39 is 51.9 Å². The fourth-order valence-electron chi connectivity index (χ4n) is 4.51. The van der Waals surface area contributed by atoms with Crippen molar-refractivity contribution in [3.63, 3.8) is 0 Å². The number of fused-ring (bicyclic) bond motifs is 1. The van der Waals surface area contributed by atoms with E-state index in [1.807, 2.05) is 18.2 Å². The highest BCUT2D eigenvalue weighted by Crippen LogP contribution is 2.56. The van der Waals surface area contributed by atoms with Gasteiger partial charge >= 0.3 is 15.2 Å². The van der Waals surface area contributed by atoms with Crippen LogP contribution in [0.2, 0.25) is 5.02 Å². The van der Waals surface area contributed by atoms with Gasteiger partial charge in [0.15, 0.2) is 28.0 Å². The Morgan fingerprint density at radius 2 is 1.88 bits per heavy atom. The fourth-order valence-corrected chi connectivity index (χ4v) is 8.35. The maximum atomic E-state index is 12.1. The highest BCUT2D eigenvalue weighted by atomic mass is 35.5. The standard InChI is InChI=1S/C22H29ClN6O8P2S/c23-15-4-2-1-3-13(15)8-24-20-17-21(26-22(25-20)40-10-12-5-6-12)29(28-27-17)16-7-14(18(30)19(16)31)9-37-39(35,36)11-38(32,33)34/h1-4,12,14,16,18-19,30-31H,5-11H2,(H,35,36)(H,24,25,26)(H2,32,33,34)/t14-,16-,18-,19+/m1/s1. The molecule has 2 aromatic heterocycles. The number of hydrogen-bond donors (Lipinski definition) is 6. The summed E-state index contributed by atoms with van der Waals surface area (Å²) < 4.78 is 29.5. The lowest BCUT2D eigenvalue weighted by Crippen LogP contribution is -2.31. The molecule has 0 spiro atoms. The van der Waals surface area contributed by atoms with Crippen LogP contribution in [0.25, 0.3) is 11.2 Å². The van der Waals surface area contributed by atoms with Gasteiger partial charge in [-0.2, -0.15) is 0 Å². The van der Waals surface area contributed by atoms with Crippen molar-refractivity contribution in [3.8, 4) is 0 Å². The molecule has 1 aromatic carbocycles. The van der Waals surface area contributed by atoms with Gasteiger partial charge in [-0.3, -0.25) is 9.13 Å². The number of rotatable bonds is 12. The number of anilines is 1. The Hall–Kier alpha value is -1.64. The molecule has 1 unspecified atom stereocenters. The molecule has 2 saturated carbocycles. The molecule has 2 heterocycles. The SMILES string of the molecule is O=P(O)(O)CP(=O)(O)OC[C@H]1C[C@@H](n2nnc3c(NCc4ccccc4Cl)nc(SCC4CC4)nc32)[C@H](O)[C@@H]1O. The molecule has 40 heavy (non-hydrogen) atoms. The minimum absolute atomic E-state index is 0.0770. The third-order valence-corrected chi connectivity index (χ3v) is 11.7. The number of hydrogen-bond acceptors (Lipinski definition) is 11. The molecule has 5 rings (SSSR count). The zero-order valence-electron chi connectivity index (χ0n) is 21.0. The second kappa shape index (κ2) is 11.9. The number of halogens is 1. The number of aromatic nitrogens is 5. The molecule has 5 atom stereocenters. The number of thioether (sulfide) groups is 1. The van der Waals surface area contributed by atoms with Crippen LogP contribution >= 0.6 is 38.6 Å². The summed E-state index contributed by atoms with van der Waals surface area (Å²) in [5.41, 5.74) is 1.54.